The van der Waals surface area contributed by atoms with E-state index < -0.39 is 0 Å². The van der Waals surface area contributed by atoms with E-state index in [0.717, 1.165) is 5.25 Å². The Labute approximate surface area is 201 Å². The molecule has 30 heavy (non-hydrogen) atoms. The zero-order valence-electron chi connectivity index (χ0n) is 21.4. The third kappa shape index (κ3) is 25.0. The average Bonchev–Trinajstić information content (AvgIpc) is 2.76. The molecule has 0 aliphatic heterocycles. The maximum atomic E-state index is 2.30. The van der Waals surface area contributed by atoms with Crippen LogP contribution in [0.3, 0.4) is 0 Å². The maximum absolute atomic E-state index is 2.30. The van der Waals surface area contributed by atoms with E-state index in [9.17, 15) is 0 Å². The summed E-state index contributed by atoms with van der Waals surface area (Å²) in [4.78, 5) is 0. The fraction of sp³-hybridized carbons (Fsp3) is 1.00. The van der Waals surface area contributed by atoms with Crippen molar-refractivity contribution in [3.63, 3.8) is 0 Å². The first kappa shape index (κ1) is 30.7. The minimum atomic E-state index is 0.894. The molecule has 1 unspecified atom stereocenters. The van der Waals surface area contributed by atoms with Gasteiger partial charge in [-0.3, -0.25) is 0 Å². The molecule has 0 aliphatic carbocycles. The maximum Gasteiger partial charge on any atom is 0.0135 e. The highest BCUT2D eigenvalue weighted by atomic mass is 32.2. The predicted octanol–water partition coefficient (Wildman–Crippen LogP) is 11.1. The van der Waals surface area contributed by atoms with E-state index in [4.69, 9.17) is 0 Å². The zero-order chi connectivity index (χ0) is 22.0. The lowest BCUT2D eigenvalue weighted by molar-refractivity contribution is 0.518. The van der Waals surface area contributed by atoms with Crippen LogP contribution in [-0.2, 0) is 0 Å². The van der Waals surface area contributed by atoms with Crippen LogP contribution >= 0.6 is 23.5 Å². The van der Waals surface area contributed by atoms with E-state index in [1.54, 1.807) is 0 Å². The third-order valence-electron chi connectivity index (χ3n) is 6.57. The lowest BCUT2D eigenvalue weighted by Crippen LogP contribution is -2.04. The van der Waals surface area contributed by atoms with Crippen LogP contribution in [0.1, 0.15) is 155 Å². The second-order valence-corrected chi connectivity index (χ2v) is 11.6. The molecule has 0 heterocycles. The Bertz CT molecular complexity index is 292. The Hall–Kier alpha value is 0.700. The monoisotopic (exact) mass is 458 g/mol. The number of hydrogen-bond donors (Lipinski definition) is 0. The quantitative estimate of drug-likeness (QED) is 0.118. The lowest BCUT2D eigenvalue weighted by Gasteiger charge is -2.12. The number of hydrogen-bond acceptors (Lipinski definition) is 2. The SMILES string of the molecule is CCCCCCCCCCCCCCCCCCCCCCCCC(CSC)SC. The van der Waals surface area contributed by atoms with E-state index in [1.165, 1.54) is 153 Å². The summed E-state index contributed by atoms with van der Waals surface area (Å²) in [7, 11) is 0. The summed E-state index contributed by atoms with van der Waals surface area (Å²) in [5.74, 6) is 1.33. The van der Waals surface area contributed by atoms with Crippen molar-refractivity contribution in [2.45, 2.75) is 160 Å². The molecule has 0 amide bonds. The van der Waals surface area contributed by atoms with Crippen molar-refractivity contribution < 1.29 is 0 Å². The van der Waals surface area contributed by atoms with Crippen molar-refractivity contribution in [1.29, 1.82) is 0 Å². The van der Waals surface area contributed by atoms with Crippen molar-refractivity contribution in [3.05, 3.63) is 0 Å². The number of thioether (sulfide) groups is 2. The molecule has 0 spiro atoms. The summed E-state index contributed by atoms with van der Waals surface area (Å²) in [5, 5.41) is 0.894. The Morgan fingerprint density at radius 1 is 0.433 bits per heavy atom. The van der Waals surface area contributed by atoms with Gasteiger partial charge < -0.3 is 0 Å². The summed E-state index contributed by atoms with van der Waals surface area (Å²) >= 11 is 4.07. The van der Waals surface area contributed by atoms with Crippen molar-refractivity contribution >= 4 is 23.5 Å². The standard InChI is InChI=1S/C28H58S2/c1-4-5-6-7-8-9-10-11-12-13-14-15-16-17-18-19-20-21-22-23-24-25-26-28(30-3)27-29-2/h28H,4-27H2,1-3H3. The molecule has 0 aromatic carbocycles. The summed E-state index contributed by atoms with van der Waals surface area (Å²) in [6.45, 7) is 2.30. The minimum absolute atomic E-state index is 0.894. The molecule has 0 saturated heterocycles. The molecule has 0 aromatic heterocycles. The van der Waals surface area contributed by atoms with Gasteiger partial charge in [0.15, 0.2) is 0 Å². The Morgan fingerprint density at radius 3 is 1.00 bits per heavy atom. The second-order valence-electron chi connectivity index (χ2n) is 9.53. The van der Waals surface area contributed by atoms with Crippen molar-refractivity contribution in [3.8, 4) is 0 Å². The van der Waals surface area contributed by atoms with Crippen molar-refractivity contribution in [2.24, 2.45) is 0 Å². The van der Waals surface area contributed by atoms with Crippen LogP contribution in [0, 0.1) is 0 Å². The second kappa shape index (κ2) is 27.7. The van der Waals surface area contributed by atoms with Crippen molar-refractivity contribution in [1.82, 2.24) is 0 Å². The molecular weight excluding hydrogens is 400 g/mol. The summed E-state index contributed by atoms with van der Waals surface area (Å²) in [5.41, 5.74) is 0. The van der Waals surface area contributed by atoms with Gasteiger partial charge in [0.1, 0.15) is 0 Å². The van der Waals surface area contributed by atoms with E-state index in [-0.39, 0.29) is 0 Å². The van der Waals surface area contributed by atoms with Gasteiger partial charge >= 0.3 is 0 Å². The molecule has 0 aromatic rings. The summed E-state index contributed by atoms with van der Waals surface area (Å²) < 4.78 is 0. The molecule has 0 fully saturated rings. The molecule has 0 N–H and O–H groups in total. The normalized spacial score (nSPS) is 12.5. The molecule has 0 bridgehead atoms. The van der Waals surface area contributed by atoms with Gasteiger partial charge in [-0.25, -0.2) is 0 Å². The van der Waals surface area contributed by atoms with E-state index >= 15 is 0 Å². The van der Waals surface area contributed by atoms with Gasteiger partial charge in [0, 0.05) is 11.0 Å². The molecule has 182 valence electrons. The smallest absolute Gasteiger partial charge is 0.0135 e. The highest BCUT2D eigenvalue weighted by Gasteiger charge is 2.05. The van der Waals surface area contributed by atoms with Crippen LogP contribution in [0.15, 0.2) is 0 Å². The fourth-order valence-corrected chi connectivity index (χ4v) is 6.33. The topological polar surface area (TPSA) is 0 Å². The minimum Gasteiger partial charge on any atom is -0.164 e. The van der Waals surface area contributed by atoms with E-state index in [0.29, 0.717) is 0 Å². The van der Waals surface area contributed by atoms with Crippen LogP contribution in [0.2, 0.25) is 0 Å². The average molecular weight is 459 g/mol. The molecule has 0 radical (unpaired) electrons. The highest BCUT2D eigenvalue weighted by Crippen LogP contribution is 2.20. The van der Waals surface area contributed by atoms with E-state index in [1.807, 2.05) is 11.8 Å². The van der Waals surface area contributed by atoms with Crippen LogP contribution in [-0.4, -0.2) is 23.5 Å². The number of rotatable bonds is 26. The van der Waals surface area contributed by atoms with Crippen LogP contribution in [0.5, 0.6) is 0 Å². The van der Waals surface area contributed by atoms with Gasteiger partial charge in [0.2, 0.25) is 0 Å². The number of unbranched alkanes of at least 4 members (excludes halogenated alkanes) is 21. The predicted molar refractivity (Wildman–Crippen MR) is 148 cm³/mol. The van der Waals surface area contributed by atoms with Gasteiger partial charge in [0.05, 0.1) is 0 Å². The zero-order valence-corrected chi connectivity index (χ0v) is 23.0. The molecule has 0 rings (SSSR count). The van der Waals surface area contributed by atoms with Crippen molar-refractivity contribution in [2.75, 3.05) is 18.3 Å². The Balaban J connectivity index is 3.06. The van der Waals surface area contributed by atoms with Crippen LogP contribution < -0.4 is 0 Å². The Morgan fingerprint density at radius 2 is 0.733 bits per heavy atom. The first-order valence-electron chi connectivity index (χ1n) is 13.9. The van der Waals surface area contributed by atoms with Crippen LogP contribution in [0.25, 0.3) is 0 Å². The van der Waals surface area contributed by atoms with Gasteiger partial charge in [-0.05, 0) is 18.9 Å². The van der Waals surface area contributed by atoms with Gasteiger partial charge in [-0.15, -0.1) is 0 Å². The Kier molecular flexibility index (Phi) is 28.4. The molecule has 0 saturated carbocycles. The lowest BCUT2D eigenvalue weighted by atomic mass is 10.0. The van der Waals surface area contributed by atoms with Gasteiger partial charge in [0.25, 0.3) is 0 Å². The molecule has 0 aliphatic rings. The summed E-state index contributed by atoms with van der Waals surface area (Å²) in [6, 6.07) is 0. The first-order valence-corrected chi connectivity index (χ1v) is 16.5. The van der Waals surface area contributed by atoms with Gasteiger partial charge in [-0.1, -0.05) is 148 Å². The molecule has 0 nitrogen and oxygen atoms in total. The van der Waals surface area contributed by atoms with Gasteiger partial charge in [-0.2, -0.15) is 23.5 Å². The first-order chi connectivity index (χ1) is 14.8. The molecule has 1 atom stereocenters. The third-order valence-corrected chi connectivity index (χ3v) is 8.58. The summed E-state index contributed by atoms with van der Waals surface area (Å²) in [6.07, 6.45) is 38.4. The van der Waals surface area contributed by atoms with E-state index in [2.05, 4.69) is 31.2 Å². The van der Waals surface area contributed by atoms with Crippen LogP contribution in [0.4, 0.5) is 0 Å². The highest BCUT2D eigenvalue weighted by molar-refractivity contribution is 8.02. The molecule has 2 heteroatoms. The molecular formula is C28H58S2. The largest absolute Gasteiger partial charge is 0.164 e. The fourth-order valence-electron chi connectivity index (χ4n) is 4.44.